The van der Waals surface area contributed by atoms with Crippen LogP contribution in [0.5, 0.6) is 0 Å². The van der Waals surface area contributed by atoms with Gasteiger partial charge < -0.3 is 28.4 Å². The average molecular weight is 407 g/mol. The van der Waals surface area contributed by atoms with Crippen molar-refractivity contribution < 1.29 is 28.4 Å². The zero-order valence-corrected chi connectivity index (χ0v) is 18.0. The van der Waals surface area contributed by atoms with E-state index in [4.69, 9.17) is 28.4 Å². The van der Waals surface area contributed by atoms with Gasteiger partial charge in [0, 0.05) is 25.0 Å². The van der Waals surface area contributed by atoms with Gasteiger partial charge in [0.15, 0.2) is 18.9 Å². The molecule has 6 nitrogen and oxygen atoms in total. The summed E-state index contributed by atoms with van der Waals surface area (Å²) in [7, 11) is 1.67. The van der Waals surface area contributed by atoms with Crippen molar-refractivity contribution in [1.82, 2.24) is 0 Å². The number of benzene rings is 1. The third kappa shape index (κ3) is 4.38. The number of ether oxygens (including phenoxy) is 6. The number of methoxy groups -OCH3 is 1. The van der Waals surface area contributed by atoms with E-state index in [2.05, 4.69) is 27.7 Å². The van der Waals surface area contributed by atoms with Crippen molar-refractivity contribution in [2.45, 2.75) is 77.4 Å². The predicted octanol–water partition coefficient (Wildman–Crippen LogP) is 3.90. The second-order valence-corrected chi connectivity index (χ2v) is 8.76. The van der Waals surface area contributed by atoms with E-state index in [9.17, 15) is 0 Å². The largest absolute Gasteiger partial charge is 0.355 e. The summed E-state index contributed by atoms with van der Waals surface area (Å²) in [5.41, 5.74) is 0.996. The van der Waals surface area contributed by atoms with Crippen LogP contribution in [0.1, 0.15) is 46.0 Å². The molecule has 3 aliphatic rings. The molecule has 0 aromatic heterocycles. The Balaban J connectivity index is 1.52. The number of rotatable bonds is 4. The highest BCUT2D eigenvalue weighted by atomic mass is 16.8. The third-order valence-electron chi connectivity index (χ3n) is 6.82. The van der Waals surface area contributed by atoms with Crippen LogP contribution in [0.2, 0.25) is 0 Å². The van der Waals surface area contributed by atoms with E-state index in [0.29, 0.717) is 18.4 Å². The molecule has 1 aromatic rings. The van der Waals surface area contributed by atoms with Gasteiger partial charge in [-0.2, -0.15) is 0 Å². The molecule has 29 heavy (non-hydrogen) atoms. The first kappa shape index (κ1) is 21.2. The van der Waals surface area contributed by atoms with E-state index in [0.717, 1.165) is 12.0 Å². The molecule has 0 spiro atoms. The van der Waals surface area contributed by atoms with Crippen LogP contribution in [-0.2, 0) is 28.4 Å². The van der Waals surface area contributed by atoms with Crippen molar-refractivity contribution >= 4 is 0 Å². The lowest BCUT2D eigenvalue weighted by molar-refractivity contribution is -0.370. The molecule has 0 bridgehead atoms. The van der Waals surface area contributed by atoms with Gasteiger partial charge in [-0.25, -0.2) is 0 Å². The minimum atomic E-state index is -0.427. The van der Waals surface area contributed by atoms with Gasteiger partial charge in [0.2, 0.25) is 0 Å². The molecule has 5 unspecified atom stereocenters. The molecule has 0 radical (unpaired) electrons. The Hall–Kier alpha value is -1.02. The maximum absolute atomic E-state index is 6.56. The second-order valence-electron chi connectivity index (χ2n) is 8.76. The van der Waals surface area contributed by atoms with Crippen molar-refractivity contribution in [3.05, 3.63) is 35.9 Å². The van der Waals surface area contributed by atoms with E-state index in [1.165, 1.54) is 0 Å². The molecule has 0 saturated carbocycles. The SMILES string of the molecule is CO[C@H]1OC2COC(c3ccccc3)O[C@H]2[C@H](O[C@@H]2CC(C)[C@@H](C)C(C)O2)C1C. The highest BCUT2D eigenvalue weighted by molar-refractivity contribution is 5.16. The lowest BCUT2D eigenvalue weighted by atomic mass is 9.86. The van der Waals surface area contributed by atoms with Crippen molar-refractivity contribution in [3.8, 4) is 0 Å². The lowest BCUT2D eigenvalue weighted by Crippen LogP contribution is -2.61. The highest BCUT2D eigenvalue weighted by Crippen LogP contribution is 2.40. The van der Waals surface area contributed by atoms with Gasteiger partial charge in [0.1, 0.15) is 12.2 Å². The average Bonchev–Trinajstić information content (AvgIpc) is 2.74. The molecule has 3 fully saturated rings. The summed E-state index contributed by atoms with van der Waals surface area (Å²) < 4.78 is 36.8. The molecule has 4 rings (SSSR count). The van der Waals surface area contributed by atoms with Gasteiger partial charge in [0.05, 0.1) is 18.8 Å². The molecule has 0 aliphatic carbocycles. The second kappa shape index (κ2) is 9.00. The van der Waals surface area contributed by atoms with Crippen LogP contribution in [0.4, 0.5) is 0 Å². The topological polar surface area (TPSA) is 55.4 Å². The van der Waals surface area contributed by atoms with E-state index in [1.807, 2.05) is 30.3 Å². The Kier molecular flexibility index (Phi) is 6.59. The summed E-state index contributed by atoms with van der Waals surface area (Å²) in [6, 6.07) is 9.99. The van der Waals surface area contributed by atoms with Crippen molar-refractivity contribution in [1.29, 1.82) is 0 Å². The molecule has 0 amide bonds. The molecule has 3 saturated heterocycles. The van der Waals surface area contributed by atoms with Gasteiger partial charge in [-0.1, -0.05) is 51.1 Å². The molecule has 3 heterocycles. The molecule has 3 aliphatic heterocycles. The normalized spacial score (nSPS) is 45.6. The van der Waals surface area contributed by atoms with Crippen molar-refractivity contribution in [2.24, 2.45) is 17.8 Å². The molecular weight excluding hydrogens is 372 g/mol. The predicted molar refractivity (Wildman–Crippen MR) is 107 cm³/mol. The van der Waals surface area contributed by atoms with Gasteiger partial charge in [-0.05, 0) is 18.8 Å². The minimum Gasteiger partial charge on any atom is -0.355 e. The Morgan fingerprint density at radius 2 is 1.69 bits per heavy atom. The number of fused-ring (bicyclic) bond motifs is 1. The van der Waals surface area contributed by atoms with E-state index in [-0.39, 0.29) is 42.9 Å². The summed E-state index contributed by atoms with van der Waals surface area (Å²) >= 11 is 0. The molecule has 10 atom stereocenters. The standard InChI is InChI=1S/C23H34O6/c1-13-11-19(26-16(4)14(13)2)28-20-15(3)22(24-5)27-18-12-25-23(29-21(18)20)17-9-7-6-8-10-17/h6-10,13-16,18-23H,11-12H2,1-5H3/t13?,14-,15?,16?,18?,19-,20-,21-,22+,23?/m1/s1. The summed E-state index contributed by atoms with van der Waals surface area (Å²) in [5.74, 6) is 1.06. The Morgan fingerprint density at radius 1 is 0.931 bits per heavy atom. The molecule has 1 aromatic carbocycles. The molecule has 6 heteroatoms. The molecular formula is C23H34O6. The van der Waals surface area contributed by atoms with Crippen LogP contribution in [0.15, 0.2) is 30.3 Å². The van der Waals surface area contributed by atoms with Crippen LogP contribution < -0.4 is 0 Å². The van der Waals surface area contributed by atoms with Gasteiger partial charge in [-0.3, -0.25) is 0 Å². The lowest BCUT2D eigenvalue weighted by Gasteiger charge is -2.49. The van der Waals surface area contributed by atoms with Crippen LogP contribution >= 0.6 is 0 Å². The first-order chi connectivity index (χ1) is 14.0. The number of hydrogen-bond acceptors (Lipinski definition) is 6. The first-order valence-corrected chi connectivity index (χ1v) is 10.8. The third-order valence-corrected chi connectivity index (χ3v) is 6.82. The highest BCUT2D eigenvalue weighted by Gasteiger charge is 2.50. The fraction of sp³-hybridized carbons (Fsp3) is 0.739. The quantitative estimate of drug-likeness (QED) is 0.756. The fourth-order valence-corrected chi connectivity index (χ4v) is 4.62. The minimum absolute atomic E-state index is 0.00401. The number of hydrogen-bond donors (Lipinski definition) is 0. The Morgan fingerprint density at radius 3 is 2.38 bits per heavy atom. The summed E-state index contributed by atoms with van der Waals surface area (Å²) in [4.78, 5) is 0. The van der Waals surface area contributed by atoms with Crippen LogP contribution in [0, 0.1) is 17.8 Å². The van der Waals surface area contributed by atoms with Gasteiger partial charge in [0.25, 0.3) is 0 Å². The maximum atomic E-state index is 6.56. The first-order valence-electron chi connectivity index (χ1n) is 10.8. The van der Waals surface area contributed by atoms with E-state index in [1.54, 1.807) is 7.11 Å². The van der Waals surface area contributed by atoms with Crippen LogP contribution in [0.3, 0.4) is 0 Å². The summed E-state index contributed by atoms with van der Waals surface area (Å²) in [6.07, 6.45) is -0.678. The monoisotopic (exact) mass is 406 g/mol. The Bertz CT molecular complexity index is 642. The van der Waals surface area contributed by atoms with E-state index < -0.39 is 6.29 Å². The van der Waals surface area contributed by atoms with Gasteiger partial charge in [-0.15, -0.1) is 0 Å². The molecule has 0 N–H and O–H groups in total. The fourth-order valence-electron chi connectivity index (χ4n) is 4.62. The smallest absolute Gasteiger partial charge is 0.184 e. The summed E-state index contributed by atoms with van der Waals surface area (Å²) in [6.45, 7) is 9.16. The van der Waals surface area contributed by atoms with Crippen molar-refractivity contribution in [2.75, 3.05) is 13.7 Å². The maximum Gasteiger partial charge on any atom is 0.184 e. The zero-order chi connectivity index (χ0) is 20.5. The Labute approximate surface area is 173 Å². The van der Waals surface area contributed by atoms with E-state index >= 15 is 0 Å². The van der Waals surface area contributed by atoms with Crippen molar-refractivity contribution in [3.63, 3.8) is 0 Å². The summed E-state index contributed by atoms with van der Waals surface area (Å²) in [5, 5.41) is 0. The van der Waals surface area contributed by atoms with Crippen LogP contribution in [-0.4, -0.2) is 50.7 Å². The van der Waals surface area contributed by atoms with Gasteiger partial charge >= 0.3 is 0 Å². The molecule has 162 valence electrons. The van der Waals surface area contributed by atoms with Crippen LogP contribution in [0.25, 0.3) is 0 Å². The zero-order valence-electron chi connectivity index (χ0n) is 18.0.